The van der Waals surface area contributed by atoms with Crippen molar-refractivity contribution < 1.29 is 0 Å². The van der Waals surface area contributed by atoms with Crippen molar-refractivity contribution >= 4 is 33.2 Å². The van der Waals surface area contributed by atoms with Gasteiger partial charge in [0.2, 0.25) is 0 Å². The lowest BCUT2D eigenvalue weighted by molar-refractivity contribution is 0.653. The Balaban J connectivity index is 1.15. The number of aromatic nitrogens is 1. The third kappa shape index (κ3) is 4.15. The van der Waals surface area contributed by atoms with Gasteiger partial charge in [-0.05, 0) is 76.2 Å². The summed E-state index contributed by atoms with van der Waals surface area (Å²) in [5.41, 5.74) is 13.6. The molecule has 1 N–H and O–H groups in total. The van der Waals surface area contributed by atoms with Crippen LogP contribution >= 0.6 is 0 Å². The van der Waals surface area contributed by atoms with Gasteiger partial charge < -0.3 is 9.88 Å². The summed E-state index contributed by atoms with van der Waals surface area (Å²) in [6.07, 6.45) is 11.8. The molecule has 0 saturated heterocycles. The second kappa shape index (κ2) is 10.3. The van der Waals surface area contributed by atoms with E-state index in [1.165, 1.54) is 49.6 Å². The van der Waals surface area contributed by atoms with Crippen LogP contribution in [0.15, 0.2) is 151 Å². The minimum Gasteiger partial charge on any atom is -0.360 e. The van der Waals surface area contributed by atoms with Crippen molar-refractivity contribution in [1.29, 1.82) is 0 Å². The molecule has 0 fully saturated rings. The Morgan fingerprint density at radius 3 is 2.33 bits per heavy atom. The average molecular weight is 594 g/mol. The lowest BCUT2D eigenvalue weighted by Gasteiger charge is -2.27. The molecule has 46 heavy (non-hydrogen) atoms. The molecule has 2 atom stereocenters. The lowest BCUT2D eigenvalue weighted by Crippen LogP contribution is -2.27. The molecule has 0 amide bonds. The topological polar surface area (TPSA) is 29.3 Å². The summed E-state index contributed by atoms with van der Waals surface area (Å²) in [6, 6.07) is 42.2. The zero-order chi connectivity index (χ0) is 30.8. The van der Waals surface area contributed by atoms with E-state index in [0.717, 1.165) is 29.1 Å². The quantitative estimate of drug-likeness (QED) is 0.216. The maximum Gasteiger partial charge on any atom is 0.145 e. The maximum absolute atomic E-state index is 5.17. The molecule has 2 heterocycles. The number of benzene rings is 5. The second-order valence-electron chi connectivity index (χ2n) is 13.2. The number of para-hydroxylation sites is 1. The Bertz CT molecular complexity index is 2280. The monoisotopic (exact) mass is 593 g/mol. The van der Waals surface area contributed by atoms with Crippen LogP contribution in [0.25, 0.3) is 44.3 Å². The van der Waals surface area contributed by atoms with E-state index in [1.54, 1.807) is 0 Å². The van der Waals surface area contributed by atoms with Crippen LogP contribution in [-0.4, -0.2) is 10.3 Å². The van der Waals surface area contributed by atoms with Crippen LogP contribution in [0.1, 0.15) is 48.7 Å². The van der Waals surface area contributed by atoms with Gasteiger partial charge in [-0.15, -0.1) is 0 Å². The highest BCUT2D eigenvalue weighted by atomic mass is 15.1. The Morgan fingerprint density at radius 2 is 1.50 bits per heavy atom. The summed E-state index contributed by atoms with van der Waals surface area (Å²) < 4.78 is 2.43. The Kier molecular flexibility index (Phi) is 6.04. The van der Waals surface area contributed by atoms with E-state index < -0.39 is 0 Å². The third-order valence-electron chi connectivity index (χ3n) is 10.2. The van der Waals surface area contributed by atoms with E-state index in [2.05, 4.69) is 169 Å². The summed E-state index contributed by atoms with van der Waals surface area (Å²) >= 11 is 0. The molecule has 5 aromatic carbocycles. The zero-order valence-electron chi connectivity index (χ0n) is 26.1. The molecule has 0 saturated carbocycles. The van der Waals surface area contributed by atoms with Crippen molar-refractivity contribution in [1.82, 2.24) is 9.88 Å². The highest BCUT2D eigenvalue weighted by molar-refractivity contribution is 6.11. The Labute approximate surface area is 269 Å². The van der Waals surface area contributed by atoms with E-state index >= 15 is 0 Å². The highest BCUT2D eigenvalue weighted by Crippen LogP contribution is 2.51. The van der Waals surface area contributed by atoms with Gasteiger partial charge in [-0.3, -0.25) is 4.99 Å². The predicted octanol–water partition coefficient (Wildman–Crippen LogP) is 10.3. The number of aliphatic imine (C=N–C) groups is 1. The molecule has 1 aromatic heterocycles. The fraction of sp³-hybridized carbons (Fsp3) is 0.140. The third-order valence-corrected chi connectivity index (χ3v) is 10.2. The second-order valence-corrected chi connectivity index (χ2v) is 13.2. The summed E-state index contributed by atoms with van der Waals surface area (Å²) in [5, 5.41) is 6.33. The number of nitrogens with one attached hydrogen (secondary N) is 1. The van der Waals surface area contributed by atoms with Gasteiger partial charge in [0.1, 0.15) is 6.17 Å². The lowest BCUT2D eigenvalue weighted by atomic mass is 9.82. The zero-order valence-corrected chi connectivity index (χ0v) is 26.1. The van der Waals surface area contributed by atoms with Crippen LogP contribution in [0.2, 0.25) is 0 Å². The predicted molar refractivity (Wildman–Crippen MR) is 192 cm³/mol. The molecule has 3 heteroatoms. The number of hydrogen-bond donors (Lipinski definition) is 1. The van der Waals surface area contributed by atoms with E-state index in [1.807, 2.05) is 0 Å². The molecule has 2 aliphatic carbocycles. The summed E-state index contributed by atoms with van der Waals surface area (Å²) in [6.45, 7) is 4.71. The Hall–Kier alpha value is -5.41. The highest BCUT2D eigenvalue weighted by Gasteiger charge is 2.36. The molecule has 2 unspecified atom stereocenters. The van der Waals surface area contributed by atoms with E-state index in [9.17, 15) is 0 Å². The van der Waals surface area contributed by atoms with Gasteiger partial charge in [0.05, 0.1) is 11.0 Å². The number of hydrogen-bond acceptors (Lipinski definition) is 2. The van der Waals surface area contributed by atoms with Gasteiger partial charge >= 0.3 is 0 Å². The molecule has 3 nitrogen and oxygen atoms in total. The number of fused-ring (bicyclic) bond motifs is 6. The van der Waals surface area contributed by atoms with E-state index in [-0.39, 0.29) is 17.5 Å². The molecule has 0 bridgehead atoms. The summed E-state index contributed by atoms with van der Waals surface area (Å²) in [4.78, 5) is 5.17. The first-order valence-corrected chi connectivity index (χ1v) is 16.3. The van der Waals surface area contributed by atoms with Gasteiger partial charge in [-0.1, -0.05) is 123 Å². The number of allylic oxidation sites excluding steroid dienone is 5. The first kappa shape index (κ1) is 26.9. The average Bonchev–Trinajstić information content (AvgIpc) is 3.56. The van der Waals surface area contributed by atoms with Crippen LogP contribution in [0.4, 0.5) is 0 Å². The van der Waals surface area contributed by atoms with E-state index in [4.69, 9.17) is 4.99 Å². The molecule has 1 aliphatic heterocycles. The van der Waals surface area contributed by atoms with Crippen molar-refractivity contribution in [2.45, 2.75) is 31.8 Å². The Morgan fingerprint density at radius 1 is 0.717 bits per heavy atom. The van der Waals surface area contributed by atoms with Crippen molar-refractivity contribution in [2.75, 3.05) is 0 Å². The van der Waals surface area contributed by atoms with Gasteiger partial charge in [0.25, 0.3) is 0 Å². The minimum atomic E-state index is -0.123. The smallest absolute Gasteiger partial charge is 0.145 e. The summed E-state index contributed by atoms with van der Waals surface area (Å²) in [7, 11) is 0. The van der Waals surface area contributed by atoms with Gasteiger partial charge in [-0.2, -0.15) is 0 Å². The summed E-state index contributed by atoms with van der Waals surface area (Å²) in [5.74, 6) is 0.280. The SMILES string of the molecule is CC1(C)c2ccccc2-c2cc3c(cc21)c1ccccc1n3-c1ccc(C2=CC(C3C=CC=CC3)=NC(c3ccccc3)N2)cc1. The standard InChI is InChI=1S/C43H35N3/c1-43(2)36-19-11-9-17-32(36)34-26-41-35(25-37(34)43)33-18-10-12-20-40(33)46(41)31-23-21-29(22-24-31)39-27-38(28-13-5-3-6-14-28)44-42(45-39)30-15-7-4-8-16-30/h3-13,15-28,42,45H,14H2,1-2H3. The van der Waals surface area contributed by atoms with E-state index in [0.29, 0.717) is 0 Å². The van der Waals surface area contributed by atoms with Crippen LogP contribution in [-0.2, 0) is 5.41 Å². The van der Waals surface area contributed by atoms with Crippen molar-refractivity contribution in [2.24, 2.45) is 10.9 Å². The fourth-order valence-corrected chi connectivity index (χ4v) is 7.75. The molecular weight excluding hydrogens is 558 g/mol. The largest absolute Gasteiger partial charge is 0.360 e. The van der Waals surface area contributed by atoms with Crippen LogP contribution in [0.3, 0.4) is 0 Å². The van der Waals surface area contributed by atoms with Crippen LogP contribution in [0.5, 0.6) is 0 Å². The van der Waals surface area contributed by atoms with Crippen molar-refractivity contribution in [3.05, 3.63) is 168 Å². The molecule has 3 aliphatic rings. The van der Waals surface area contributed by atoms with Crippen LogP contribution in [0, 0.1) is 5.92 Å². The molecule has 0 spiro atoms. The first-order chi connectivity index (χ1) is 22.6. The van der Waals surface area contributed by atoms with Gasteiger partial charge in [0.15, 0.2) is 0 Å². The number of nitrogens with zero attached hydrogens (tertiary/aromatic N) is 2. The first-order valence-electron chi connectivity index (χ1n) is 16.3. The molecular formula is C43H35N3. The normalized spacial score (nSPS) is 19.4. The van der Waals surface area contributed by atoms with Crippen molar-refractivity contribution in [3.63, 3.8) is 0 Å². The molecule has 9 rings (SSSR count). The maximum atomic E-state index is 5.17. The molecule has 0 radical (unpaired) electrons. The minimum absolute atomic E-state index is 0.0326. The van der Waals surface area contributed by atoms with Gasteiger partial charge in [-0.25, -0.2) is 0 Å². The van der Waals surface area contributed by atoms with Crippen LogP contribution < -0.4 is 5.32 Å². The van der Waals surface area contributed by atoms with Gasteiger partial charge in [0, 0.05) is 39.2 Å². The fourth-order valence-electron chi connectivity index (χ4n) is 7.75. The number of rotatable bonds is 4. The molecule has 6 aromatic rings. The van der Waals surface area contributed by atoms with Crippen molar-refractivity contribution in [3.8, 4) is 16.8 Å². The molecule has 222 valence electrons.